The number of fused-ring (bicyclic) bond motifs is 2. The van der Waals surface area contributed by atoms with Crippen LogP contribution in [-0.2, 0) is 21.4 Å². The van der Waals surface area contributed by atoms with Crippen LogP contribution in [0.2, 0.25) is 0 Å². The quantitative estimate of drug-likeness (QED) is 0.246. The zero-order valence-corrected chi connectivity index (χ0v) is 30.1. The van der Waals surface area contributed by atoms with Crippen LogP contribution >= 0.6 is 0 Å². The van der Waals surface area contributed by atoms with Gasteiger partial charge in [-0.3, -0.25) is 14.1 Å². The van der Waals surface area contributed by atoms with E-state index in [0.717, 1.165) is 33.6 Å². The predicted octanol–water partition coefficient (Wildman–Crippen LogP) is 4.75. The third kappa shape index (κ3) is 6.00. The van der Waals surface area contributed by atoms with E-state index in [9.17, 15) is 22.7 Å². The molecule has 5 heterocycles. The number of nitrogens with zero attached hydrogens (tertiary/aromatic N) is 6. The number of hydrogen-bond donors (Lipinski definition) is 1. The summed E-state index contributed by atoms with van der Waals surface area (Å²) in [6, 6.07) is 9.28. The van der Waals surface area contributed by atoms with Crippen LogP contribution in [0.25, 0.3) is 5.65 Å². The van der Waals surface area contributed by atoms with Gasteiger partial charge in [-0.2, -0.15) is 9.29 Å². The largest absolute Gasteiger partial charge is 0.481 e. The lowest BCUT2D eigenvalue weighted by Crippen LogP contribution is -2.49. The standard InChI is InChI=1S/C36H43FN6O6S/c1-21-7-8-25(30(35(5,6)34(44)45)28-9-12-43-24(4)39-40-31(43)23(28)3)16-26(21)17-42-20-36(10-11-36)49-33-29(50(42,46)47)15-22(2)32(38-33)48-14-13-41-18-27(37)19-41/h7-9,12,15-16,27,30H,10-11,13-14,17-20H2,1-6H3,(H,44,45)/t30-/m0/s1. The molecule has 12 nitrogen and oxygen atoms in total. The molecule has 1 saturated heterocycles. The fourth-order valence-corrected chi connectivity index (χ4v) is 8.73. The Balaban J connectivity index is 1.23. The molecule has 0 amide bonds. The summed E-state index contributed by atoms with van der Waals surface area (Å²) in [6.07, 6.45) is 2.43. The normalized spacial score (nSPS) is 19.4. The Labute approximate surface area is 291 Å². The van der Waals surface area contributed by atoms with Gasteiger partial charge in [0.05, 0.1) is 12.0 Å². The third-order valence-electron chi connectivity index (χ3n) is 10.5. The first-order valence-corrected chi connectivity index (χ1v) is 18.4. The number of rotatable bonds is 10. The molecule has 50 heavy (non-hydrogen) atoms. The smallest absolute Gasteiger partial charge is 0.310 e. The van der Waals surface area contributed by atoms with Crippen molar-refractivity contribution < 1.29 is 32.2 Å². The lowest BCUT2D eigenvalue weighted by atomic mass is 9.70. The molecule has 2 aliphatic heterocycles. The van der Waals surface area contributed by atoms with Gasteiger partial charge in [-0.25, -0.2) is 12.8 Å². The van der Waals surface area contributed by atoms with E-state index in [1.54, 1.807) is 26.8 Å². The maximum Gasteiger partial charge on any atom is 0.310 e. The minimum absolute atomic E-state index is 0.0136. The number of aryl methyl sites for hydroxylation is 4. The molecule has 0 unspecified atom stereocenters. The molecule has 1 aromatic carbocycles. The van der Waals surface area contributed by atoms with Gasteiger partial charge in [0, 0.05) is 43.9 Å². The zero-order valence-electron chi connectivity index (χ0n) is 29.2. The molecular formula is C36H43FN6O6S. The Hall–Kier alpha value is -4.14. The van der Waals surface area contributed by atoms with Gasteiger partial charge in [0.2, 0.25) is 21.8 Å². The number of pyridine rings is 2. The van der Waals surface area contributed by atoms with E-state index in [-0.39, 0.29) is 23.9 Å². The van der Waals surface area contributed by atoms with Crippen LogP contribution in [0, 0.1) is 33.1 Å². The Morgan fingerprint density at radius 3 is 2.54 bits per heavy atom. The number of hydrogen-bond acceptors (Lipinski definition) is 9. The van der Waals surface area contributed by atoms with Gasteiger partial charge in [0.15, 0.2) is 5.65 Å². The van der Waals surface area contributed by atoms with Gasteiger partial charge >= 0.3 is 5.97 Å². The van der Waals surface area contributed by atoms with E-state index in [1.165, 1.54) is 4.31 Å². The minimum Gasteiger partial charge on any atom is -0.481 e. The number of sulfonamides is 1. The topological polar surface area (TPSA) is 139 Å². The zero-order chi connectivity index (χ0) is 35.7. The highest BCUT2D eigenvalue weighted by Gasteiger charge is 2.53. The highest BCUT2D eigenvalue weighted by Crippen LogP contribution is 2.48. The minimum atomic E-state index is -4.07. The summed E-state index contributed by atoms with van der Waals surface area (Å²) < 4.78 is 57.6. The monoisotopic (exact) mass is 706 g/mol. The Morgan fingerprint density at radius 1 is 1.12 bits per heavy atom. The lowest BCUT2D eigenvalue weighted by Gasteiger charge is -2.33. The fourth-order valence-electron chi connectivity index (χ4n) is 7.11. The highest BCUT2D eigenvalue weighted by atomic mass is 32.2. The van der Waals surface area contributed by atoms with Crippen molar-refractivity contribution in [2.45, 2.75) is 83.5 Å². The molecule has 7 rings (SSSR count). The highest BCUT2D eigenvalue weighted by molar-refractivity contribution is 7.89. The average molecular weight is 707 g/mol. The number of aliphatic carboxylic acids is 1. The molecule has 0 bridgehead atoms. The van der Waals surface area contributed by atoms with Crippen LogP contribution in [-0.4, -0.2) is 92.8 Å². The molecule has 14 heteroatoms. The van der Waals surface area contributed by atoms with Gasteiger partial charge in [-0.1, -0.05) is 18.2 Å². The molecule has 266 valence electrons. The van der Waals surface area contributed by atoms with Crippen molar-refractivity contribution in [3.05, 3.63) is 75.7 Å². The van der Waals surface area contributed by atoms with Crippen LogP contribution in [0.1, 0.15) is 71.8 Å². The number of carboxylic acids is 1. The van der Waals surface area contributed by atoms with E-state index in [2.05, 4.69) is 15.2 Å². The number of ether oxygens (including phenoxy) is 2. The molecule has 1 aliphatic carbocycles. The van der Waals surface area contributed by atoms with Crippen molar-refractivity contribution in [2.24, 2.45) is 5.41 Å². The third-order valence-corrected chi connectivity index (χ3v) is 12.3. The maximum atomic E-state index is 14.4. The van der Waals surface area contributed by atoms with Crippen molar-refractivity contribution in [1.29, 1.82) is 0 Å². The van der Waals surface area contributed by atoms with E-state index in [1.807, 2.05) is 60.5 Å². The molecule has 2 fully saturated rings. The second kappa shape index (κ2) is 12.3. The summed E-state index contributed by atoms with van der Waals surface area (Å²) in [5.74, 6) is -0.479. The predicted molar refractivity (Wildman–Crippen MR) is 183 cm³/mol. The van der Waals surface area contributed by atoms with Gasteiger partial charge < -0.3 is 14.6 Å². The van der Waals surface area contributed by atoms with Gasteiger partial charge in [0.1, 0.15) is 29.1 Å². The van der Waals surface area contributed by atoms with Crippen molar-refractivity contribution in [1.82, 2.24) is 28.8 Å². The number of carboxylic acid groups (broad SMARTS) is 1. The lowest BCUT2D eigenvalue weighted by molar-refractivity contribution is -0.147. The number of aromatic nitrogens is 4. The second-order valence-corrected chi connectivity index (χ2v) is 16.6. The Bertz CT molecular complexity index is 2110. The summed E-state index contributed by atoms with van der Waals surface area (Å²) in [7, 11) is -4.07. The first kappa shape index (κ1) is 34.3. The second-order valence-electron chi connectivity index (χ2n) is 14.7. The van der Waals surface area contributed by atoms with Crippen LogP contribution in [0.3, 0.4) is 0 Å². The Kier molecular flexibility index (Phi) is 8.42. The Morgan fingerprint density at radius 2 is 1.86 bits per heavy atom. The van der Waals surface area contributed by atoms with Gasteiger partial charge in [-0.05, 0) is 94.3 Å². The molecule has 1 saturated carbocycles. The number of carbonyl (C=O) groups is 1. The molecule has 1 spiro atoms. The average Bonchev–Trinajstić information content (AvgIpc) is 3.70. The summed E-state index contributed by atoms with van der Waals surface area (Å²) in [4.78, 5) is 19.3. The van der Waals surface area contributed by atoms with Crippen LogP contribution in [0.5, 0.6) is 11.8 Å². The van der Waals surface area contributed by atoms with Gasteiger partial charge in [0.25, 0.3) is 0 Å². The van der Waals surface area contributed by atoms with E-state index >= 15 is 0 Å². The van der Waals surface area contributed by atoms with Crippen LogP contribution in [0.4, 0.5) is 4.39 Å². The van der Waals surface area contributed by atoms with Crippen molar-refractivity contribution in [3.63, 3.8) is 0 Å². The van der Waals surface area contributed by atoms with Crippen molar-refractivity contribution in [3.8, 4) is 11.8 Å². The maximum absolute atomic E-state index is 14.4. The molecule has 1 N–H and O–H groups in total. The van der Waals surface area contributed by atoms with Gasteiger partial charge in [-0.15, -0.1) is 10.2 Å². The summed E-state index contributed by atoms with van der Waals surface area (Å²) in [6.45, 7) is 12.7. The van der Waals surface area contributed by atoms with Crippen molar-refractivity contribution in [2.75, 3.05) is 32.8 Å². The summed E-state index contributed by atoms with van der Waals surface area (Å²) >= 11 is 0. The number of benzene rings is 1. The van der Waals surface area contributed by atoms with E-state index in [4.69, 9.17) is 9.47 Å². The fraction of sp³-hybridized carbons (Fsp3) is 0.500. The van der Waals surface area contributed by atoms with Crippen LogP contribution in [0.15, 0.2) is 41.4 Å². The first-order valence-electron chi connectivity index (χ1n) is 16.9. The molecule has 1 atom stereocenters. The summed E-state index contributed by atoms with van der Waals surface area (Å²) in [5.41, 5.74) is 3.33. The molecule has 3 aromatic heterocycles. The van der Waals surface area contributed by atoms with E-state index < -0.39 is 39.1 Å². The molecular weight excluding hydrogens is 663 g/mol. The SMILES string of the molecule is Cc1ccc([C@@H](c2ccn3c(C)nnc3c2C)C(C)(C)C(=O)O)cc1CN1CC2(CC2)Oc2nc(OCCN3CC(F)C3)c(C)cc2S1(=O)=O. The number of likely N-dealkylation sites (tertiary alicyclic amines) is 1. The molecule has 4 aromatic rings. The first-order chi connectivity index (χ1) is 23.6. The summed E-state index contributed by atoms with van der Waals surface area (Å²) in [5, 5.41) is 19.0. The van der Waals surface area contributed by atoms with E-state index in [0.29, 0.717) is 56.2 Å². The van der Waals surface area contributed by atoms with Crippen molar-refractivity contribution >= 4 is 21.6 Å². The molecule has 0 radical (unpaired) electrons. The molecule has 3 aliphatic rings. The van der Waals surface area contributed by atoms with Crippen LogP contribution < -0.4 is 9.47 Å². The number of alkyl halides is 1. The number of halogens is 1.